The number of hydrogen-bond donors (Lipinski definition) is 3. The summed E-state index contributed by atoms with van der Waals surface area (Å²) < 4.78 is 5.45. The fourth-order valence-corrected chi connectivity index (χ4v) is 9.08. The molecule has 0 aliphatic heterocycles. The van der Waals surface area contributed by atoms with E-state index in [1.165, 1.54) is 199 Å². The second kappa shape index (κ2) is 56.7. The number of aliphatic hydroxyl groups is 2. The van der Waals surface area contributed by atoms with Gasteiger partial charge in [0.05, 0.1) is 25.4 Å². The van der Waals surface area contributed by atoms with E-state index in [9.17, 15) is 19.8 Å². The molecule has 0 aliphatic carbocycles. The number of carbonyl (C=O) groups excluding carboxylic acids is 2. The Labute approximate surface area is 417 Å². The minimum Gasteiger partial charge on any atom is -0.466 e. The molecule has 0 aromatic carbocycles. The van der Waals surface area contributed by atoms with Crippen LogP contribution in [0.1, 0.15) is 316 Å². The monoisotopic (exact) mass is 942 g/mol. The van der Waals surface area contributed by atoms with Crippen LogP contribution in [0.5, 0.6) is 0 Å². The smallest absolute Gasteiger partial charge is 0.305 e. The molecule has 0 aromatic heterocycles. The Morgan fingerprint density at radius 2 is 0.776 bits per heavy atom. The molecule has 394 valence electrons. The van der Waals surface area contributed by atoms with Crippen molar-refractivity contribution in [3.8, 4) is 0 Å². The van der Waals surface area contributed by atoms with Gasteiger partial charge >= 0.3 is 5.97 Å². The Kier molecular flexibility index (Phi) is 55.0. The number of nitrogens with one attached hydrogen (secondary N) is 1. The molecule has 67 heavy (non-hydrogen) atoms. The molecule has 0 aliphatic rings. The summed E-state index contributed by atoms with van der Waals surface area (Å²) in [4.78, 5) is 24.5. The van der Waals surface area contributed by atoms with Gasteiger partial charge in [0.1, 0.15) is 0 Å². The van der Waals surface area contributed by atoms with Crippen LogP contribution in [0.25, 0.3) is 0 Å². The van der Waals surface area contributed by atoms with Crippen LogP contribution in [0.15, 0.2) is 36.5 Å². The molecule has 0 fully saturated rings. The van der Waals surface area contributed by atoms with E-state index >= 15 is 0 Å². The lowest BCUT2D eigenvalue weighted by molar-refractivity contribution is -0.143. The summed E-state index contributed by atoms with van der Waals surface area (Å²) in [6.45, 7) is 4.86. The average molecular weight is 943 g/mol. The van der Waals surface area contributed by atoms with E-state index in [1.54, 1.807) is 0 Å². The van der Waals surface area contributed by atoms with Gasteiger partial charge in [-0.25, -0.2) is 0 Å². The first-order valence-electron chi connectivity index (χ1n) is 29.7. The average Bonchev–Trinajstić information content (AvgIpc) is 3.33. The van der Waals surface area contributed by atoms with Gasteiger partial charge in [0.2, 0.25) is 5.91 Å². The largest absolute Gasteiger partial charge is 0.466 e. The van der Waals surface area contributed by atoms with E-state index in [-0.39, 0.29) is 18.5 Å². The third-order valence-electron chi connectivity index (χ3n) is 13.6. The maximum Gasteiger partial charge on any atom is 0.305 e. The van der Waals surface area contributed by atoms with Crippen LogP contribution in [0.3, 0.4) is 0 Å². The molecule has 0 heterocycles. The first kappa shape index (κ1) is 65.1. The lowest BCUT2D eigenvalue weighted by Crippen LogP contribution is -2.45. The molecule has 0 radical (unpaired) electrons. The van der Waals surface area contributed by atoms with Gasteiger partial charge in [0.15, 0.2) is 0 Å². The van der Waals surface area contributed by atoms with Crippen LogP contribution >= 0.6 is 0 Å². The summed E-state index contributed by atoms with van der Waals surface area (Å²) in [5.74, 6) is -0.0736. The molecule has 0 aromatic rings. The quantitative estimate of drug-likeness (QED) is 0.0321. The molecule has 0 saturated carbocycles. The molecule has 6 nitrogen and oxygen atoms in total. The van der Waals surface area contributed by atoms with E-state index in [2.05, 4.69) is 55.6 Å². The molecular weight excluding hydrogens is 827 g/mol. The van der Waals surface area contributed by atoms with Crippen LogP contribution in [-0.2, 0) is 14.3 Å². The fraction of sp³-hybridized carbons (Fsp3) is 0.869. The second-order valence-electron chi connectivity index (χ2n) is 20.3. The van der Waals surface area contributed by atoms with Crippen LogP contribution in [0, 0.1) is 0 Å². The molecule has 6 heteroatoms. The van der Waals surface area contributed by atoms with Crippen molar-refractivity contribution < 1.29 is 24.5 Å². The van der Waals surface area contributed by atoms with Gasteiger partial charge in [-0.15, -0.1) is 0 Å². The highest BCUT2D eigenvalue weighted by atomic mass is 16.5. The minimum absolute atomic E-state index is 0.0251. The Balaban J connectivity index is 3.48. The first-order chi connectivity index (χ1) is 33.0. The molecule has 0 spiro atoms. The van der Waals surface area contributed by atoms with Crippen LogP contribution < -0.4 is 5.32 Å². The highest BCUT2D eigenvalue weighted by Gasteiger charge is 2.20. The maximum atomic E-state index is 12.5. The van der Waals surface area contributed by atoms with Crippen LogP contribution in [-0.4, -0.2) is 47.4 Å². The predicted molar refractivity (Wildman–Crippen MR) is 292 cm³/mol. The SMILES string of the molecule is CCC/C=C\C/C=C\CCCCCCCC(=O)OCCCCCC/C=C\CCCCCCCCCC(=O)NC(CO)C(O)CCCCCCCCCCCCCCCCCCCCCCCC. The van der Waals surface area contributed by atoms with Gasteiger partial charge < -0.3 is 20.3 Å². The van der Waals surface area contributed by atoms with Crippen molar-refractivity contribution in [2.45, 2.75) is 328 Å². The van der Waals surface area contributed by atoms with E-state index < -0.39 is 12.1 Å². The molecule has 0 saturated heterocycles. The number of allylic oxidation sites excluding steroid dienone is 6. The second-order valence-corrected chi connectivity index (χ2v) is 20.3. The van der Waals surface area contributed by atoms with Crippen molar-refractivity contribution in [1.82, 2.24) is 5.32 Å². The van der Waals surface area contributed by atoms with E-state index in [0.717, 1.165) is 83.5 Å². The summed E-state index contributed by atoms with van der Waals surface area (Å²) in [5.41, 5.74) is 0. The number of unbranched alkanes of at least 4 members (excludes halogenated alkanes) is 38. The zero-order chi connectivity index (χ0) is 48.6. The number of esters is 1. The summed E-state index contributed by atoms with van der Waals surface area (Å²) in [6.07, 6.45) is 70.0. The molecule has 3 N–H and O–H groups in total. The Morgan fingerprint density at radius 1 is 0.418 bits per heavy atom. The molecular formula is C61H115NO5. The molecule has 0 bridgehead atoms. The van der Waals surface area contributed by atoms with Gasteiger partial charge in [-0.1, -0.05) is 262 Å². The summed E-state index contributed by atoms with van der Waals surface area (Å²) in [5, 5.41) is 23.3. The Bertz CT molecular complexity index is 1090. The molecule has 2 unspecified atom stereocenters. The third-order valence-corrected chi connectivity index (χ3v) is 13.6. The summed E-state index contributed by atoms with van der Waals surface area (Å²) in [7, 11) is 0. The Hall–Kier alpha value is -1.92. The number of aliphatic hydroxyl groups excluding tert-OH is 2. The lowest BCUT2D eigenvalue weighted by atomic mass is 10.0. The first-order valence-corrected chi connectivity index (χ1v) is 29.7. The number of hydrogen-bond acceptors (Lipinski definition) is 5. The highest BCUT2D eigenvalue weighted by molar-refractivity contribution is 5.76. The summed E-state index contributed by atoms with van der Waals surface area (Å²) >= 11 is 0. The third kappa shape index (κ3) is 53.3. The normalized spacial score (nSPS) is 12.8. The number of amides is 1. The van der Waals surface area contributed by atoms with Crippen molar-refractivity contribution in [3.05, 3.63) is 36.5 Å². The van der Waals surface area contributed by atoms with Crippen molar-refractivity contribution in [1.29, 1.82) is 0 Å². The topological polar surface area (TPSA) is 95.9 Å². The van der Waals surface area contributed by atoms with Crippen molar-refractivity contribution in [2.24, 2.45) is 0 Å². The van der Waals surface area contributed by atoms with E-state index in [0.29, 0.717) is 25.9 Å². The van der Waals surface area contributed by atoms with E-state index in [1.807, 2.05) is 0 Å². The van der Waals surface area contributed by atoms with Crippen molar-refractivity contribution in [3.63, 3.8) is 0 Å². The van der Waals surface area contributed by atoms with Crippen molar-refractivity contribution in [2.75, 3.05) is 13.2 Å². The maximum absolute atomic E-state index is 12.5. The number of rotatable bonds is 55. The minimum atomic E-state index is -0.676. The van der Waals surface area contributed by atoms with Gasteiger partial charge in [-0.3, -0.25) is 9.59 Å². The highest BCUT2D eigenvalue weighted by Crippen LogP contribution is 2.17. The number of carbonyl (C=O) groups is 2. The van der Waals surface area contributed by atoms with Crippen molar-refractivity contribution >= 4 is 11.9 Å². The molecule has 0 rings (SSSR count). The predicted octanol–water partition coefficient (Wildman–Crippen LogP) is 18.4. The Morgan fingerprint density at radius 3 is 1.21 bits per heavy atom. The van der Waals surface area contributed by atoms with Gasteiger partial charge in [-0.05, 0) is 77.0 Å². The van der Waals surface area contributed by atoms with Gasteiger partial charge in [-0.2, -0.15) is 0 Å². The van der Waals surface area contributed by atoms with E-state index in [4.69, 9.17) is 4.74 Å². The summed E-state index contributed by atoms with van der Waals surface area (Å²) in [6, 6.07) is -0.555. The van der Waals surface area contributed by atoms with Crippen LogP contribution in [0.4, 0.5) is 0 Å². The number of ether oxygens (including phenoxy) is 1. The standard InChI is InChI=1S/C61H115NO5/c1-3-5-7-9-11-13-15-17-18-19-20-21-22-23-24-26-30-33-37-41-45-49-53-59(64)58(57-63)62-60(65)54-50-46-42-38-34-31-27-25-28-32-36-40-44-48-52-56-67-61(66)55-51-47-43-39-35-29-16-14-12-10-8-6-4-2/h8,10,14,16,28,32,58-59,63-64H,3-7,9,11-13,15,17-27,29-31,33-57H2,1-2H3,(H,62,65)/b10-8-,16-14-,32-28-. The molecule has 1 amide bonds. The lowest BCUT2D eigenvalue weighted by Gasteiger charge is -2.22. The molecule has 2 atom stereocenters. The van der Waals surface area contributed by atoms with Gasteiger partial charge in [0, 0.05) is 12.8 Å². The zero-order valence-corrected chi connectivity index (χ0v) is 44.9. The van der Waals surface area contributed by atoms with Crippen LogP contribution in [0.2, 0.25) is 0 Å². The van der Waals surface area contributed by atoms with Gasteiger partial charge in [0.25, 0.3) is 0 Å². The fourth-order valence-electron chi connectivity index (χ4n) is 9.08. The zero-order valence-electron chi connectivity index (χ0n) is 44.9.